The first-order chi connectivity index (χ1) is 8.91. The van der Waals surface area contributed by atoms with Crippen LogP contribution in [-0.2, 0) is 0 Å². The molecule has 0 saturated carbocycles. The van der Waals surface area contributed by atoms with E-state index < -0.39 is 5.97 Å². The van der Waals surface area contributed by atoms with Gasteiger partial charge in [0, 0.05) is 23.6 Å². The van der Waals surface area contributed by atoms with Crippen LogP contribution in [0.1, 0.15) is 30.6 Å². The average molecular weight is 280 g/mol. The predicted octanol–water partition coefficient (Wildman–Crippen LogP) is 2.69. The van der Waals surface area contributed by atoms with Crippen LogP contribution in [0.4, 0.5) is 11.4 Å². The third kappa shape index (κ3) is 3.15. The topological polar surface area (TPSA) is 66.6 Å². The van der Waals surface area contributed by atoms with Crippen LogP contribution in [0.25, 0.3) is 0 Å². The standard InChI is InChI=1S/C14H20N2O2S/c1-14(2)6-7-16(8-9-19-14)11-5-3-4-10(12(11)15)13(17)18/h3-5H,6-9,15H2,1-2H3,(H,17,18). The summed E-state index contributed by atoms with van der Waals surface area (Å²) in [6.45, 7) is 6.31. The molecular formula is C14H20N2O2S. The number of carbonyl (C=O) groups is 1. The lowest BCUT2D eigenvalue weighted by atomic mass is 10.1. The third-order valence-electron chi connectivity index (χ3n) is 3.49. The summed E-state index contributed by atoms with van der Waals surface area (Å²) in [5.41, 5.74) is 7.41. The van der Waals surface area contributed by atoms with Crippen LogP contribution in [-0.4, -0.2) is 34.7 Å². The van der Waals surface area contributed by atoms with Crippen LogP contribution in [0.15, 0.2) is 18.2 Å². The van der Waals surface area contributed by atoms with Crippen molar-refractivity contribution in [3.05, 3.63) is 23.8 Å². The van der Waals surface area contributed by atoms with E-state index in [1.807, 2.05) is 17.8 Å². The quantitative estimate of drug-likeness (QED) is 0.815. The van der Waals surface area contributed by atoms with Crippen LogP contribution in [0.2, 0.25) is 0 Å². The molecule has 0 spiro atoms. The number of hydrogen-bond acceptors (Lipinski definition) is 4. The number of carboxylic acid groups (broad SMARTS) is 1. The molecule has 3 N–H and O–H groups in total. The summed E-state index contributed by atoms with van der Waals surface area (Å²) in [6.07, 6.45) is 1.06. The van der Waals surface area contributed by atoms with Crippen LogP contribution >= 0.6 is 11.8 Å². The highest BCUT2D eigenvalue weighted by Crippen LogP contribution is 2.34. The van der Waals surface area contributed by atoms with E-state index in [0.717, 1.165) is 31.0 Å². The summed E-state index contributed by atoms with van der Waals surface area (Å²) < 4.78 is 0.272. The molecule has 0 aliphatic carbocycles. The van der Waals surface area contributed by atoms with Crippen molar-refractivity contribution in [2.45, 2.75) is 25.0 Å². The lowest BCUT2D eigenvalue weighted by molar-refractivity contribution is 0.0698. The van der Waals surface area contributed by atoms with E-state index in [0.29, 0.717) is 5.69 Å². The molecule has 4 nitrogen and oxygen atoms in total. The summed E-state index contributed by atoms with van der Waals surface area (Å²) in [7, 11) is 0. The van der Waals surface area contributed by atoms with Crippen molar-refractivity contribution in [1.82, 2.24) is 0 Å². The molecule has 0 amide bonds. The van der Waals surface area contributed by atoms with Gasteiger partial charge in [0.05, 0.1) is 16.9 Å². The molecule has 0 atom stereocenters. The molecule has 1 aromatic carbocycles. The molecule has 1 aliphatic heterocycles. The molecule has 104 valence electrons. The largest absolute Gasteiger partial charge is 0.478 e. The summed E-state index contributed by atoms with van der Waals surface area (Å²) in [5, 5.41) is 9.12. The summed E-state index contributed by atoms with van der Waals surface area (Å²) in [5.74, 6) is 0.0629. The molecule has 0 radical (unpaired) electrons. The fourth-order valence-corrected chi connectivity index (χ4v) is 3.38. The van der Waals surface area contributed by atoms with E-state index in [2.05, 4.69) is 18.7 Å². The number of para-hydroxylation sites is 1. The first-order valence-electron chi connectivity index (χ1n) is 6.41. The van der Waals surface area contributed by atoms with Crippen molar-refractivity contribution >= 4 is 29.1 Å². The average Bonchev–Trinajstić information content (AvgIpc) is 2.50. The highest BCUT2D eigenvalue weighted by atomic mass is 32.2. The Morgan fingerprint density at radius 2 is 2.16 bits per heavy atom. The maximum Gasteiger partial charge on any atom is 0.337 e. The highest BCUT2D eigenvalue weighted by Gasteiger charge is 2.25. The zero-order chi connectivity index (χ0) is 14.0. The van der Waals surface area contributed by atoms with Gasteiger partial charge in [-0.3, -0.25) is 0 Å². The molecule has 1 aliphatic rings. The number of benzene rings is 1. The summed E-state index contributed by atoms with van der Waals surface area (Å²) >= 11 is 1.96. The van der Waals surface area contributed by atoms with Crippen LogP contribution in [0.5, 0.6) is 0 Å². The number of nitrogens with two attached hydrogens (primary N) is 1. The second-order valence-corrected chi connectivity index (χ2v) is 7.19. The van der Waals surface area contributed by atoms with Gasteiger partial charge in [-0.1, -0.05) is 19.9 Å². The van der Waals surface area contributed by atoms with Crippen LogP contribution < -0.4 is 10.6 Å². The number of nitrogen functional groups attached to an aromatic ring is 1. The lowest BCUT2D eigenvalue weighted by Gasteiger charge is -2.25. The van der Waals surface area contributed by atoms with Crippen LogP contribution in [0, 0.1) is 0 Å². The molecular weight excluding hydrogens is 260 g/mol. The van der Waals surface area contributed by atoms with Crippen molar-refractivity contribution in [3.8, 4) is 0 Å². The lowest BCUT2D eigenvalue weighted by Crippen LogP contribution is -2.28. The first-order valence-corrected chi connectivity index (χ1v) is 7.40. The van der Waals surface area contributed by atoms with Crippen molar-refractivity contribution in [2.75, 3.05) is 29.5 Å². The fourth-order valence-electron chi connectivity index (χ4n) is 2.28. The van der Waals surface area contributed by atoms with E-state index in [-0.39, 0.29) is 10.3 Å². The van der Waals surface area contributed by atoms with Gasteiger partial charge in [0.25, 0.3) is 0 Å². The van der Waals surface area contributed by atoms with Gasteiger partial charge in [-0.05, 0) is 18.6 Å². The minimum Gasteiger partial charge on any atom is -0.478 e. The molecule has 0 aromatic heterocycles. The van der Waals surface area contributed by atoms with Crippen LogP contribution in [0.3, 0.4) is 0 Å². The van der Waals surface area contributed by atoms with Gasteiger partial charge in [0.1, 0.15) is 0 Å². The Morgan fingerprint density at radius 3 is 2.84 bits per heavy atom. The molecule has 1 heterocycles. The SMILES string of the molecule is CC1(C)CCN(c2cccc(C(=O)O)c2N)CCS1. The number of thioether (sulfide) groups is 1. The van der Waals surface area contributed by atoms with Crippen molar-refractivity contribution in [3.63, 3.8) is 0 Å². The Kier molecular flexibility index (Phi) is 3.94. The predicted molar refractivity (Wildman–Crippen MR) is 81.2 cm³/mol. The zero-order valence-electron chi connectivity index (χ0n) is 11.3. The van der Waals surface area contributed by atoms with Gasteiger partial charge in [-0.25, -0.2) is 4.79 Å². The molecule has 2 rings (SSSR count). The van der Waals surface area contributed by atoms with E-state index >= 15 is 0 Å². The van der Waals surface area contributed by atoms with E-state index in [1.165, 1.54) is 0 Å². The van der Waals surface area contributed by atoms with Gasteiger partial charge in [-0.15, -0.1) is 0 Å². The number of hydrogen-bond donors (Lipinski definition) is 2. The Balaban J connectivity index is 2.27. The maximum atomic E-state index is 11.1. The number of carboxylic acids is 1. The molecule has 1 aromatic rings. The fraction of sp³-hybridized carbons (Fsp3) is 0.500. The van der Waals surface area contributed by atoms with Gasteiger partial charge >= 0.3 is 5.97 Å². The number of aromatic carboxylic acids is 1. The number of anilines is 2. The normalized spacial score (nSPS) is 18.9. The molecule has 19 heavy (non-hydrogen) atoms. The van der Waals surface area contributed by atoms with Gasteiger partial charge in [0.15, 0.2) is 0 Å². The second-order valence-electron chi connectivity index (χ2n) is 5.39. The molecule has 0 unspecified atom stereocenters. The first kappa shape index (κ1) is 14.1. The minimum absolute atomic E-state index is 0.189. The summed E-state index contributed by atoms with van der Waals surface area (Å²) in [4.78, 5) is 13.3. The smallest absolute Gasteiger partial charge is 0.337 e. The minimum atomic E-state index is -0.969. The van der Waals surface area contributed by atoms with E-state index in [4.69, 9.17) is 10.8 Å². The Bertz CT molecular complexity index is 488. The molecule has 0 bridgehead atoms. The van der Waals surface area contributed by atoms with Gasteiger partial charge < -0.3 is 15.7 Å². The van der Waals surface area contributed by atoms with Crippen molar-refractivity contribution < 1.29 is 9.90 Å². The second kappa shape index (κ2) is 5.33. The highest BCUT2D eigenvalue weighted by molar-refractivity contribution is 8.00. The van der Waals surface area contributed by atoms with Crippen molar-refractivity contribution in [2.24, 2.45) is 0 Å². The third-order valence-corrected chi connectivity index (χ3v) is 4.86. The van der Waals surface area contributed by atoms with Gasteiger partial charge in [0.2, 0.25) is 0 Å². The van der Waals surface area contributed by atoms with Gasteiger partial charge in [-0.2, -0.15) is 11.8 Å². The monoisotopic (exact) mass is 280 g/mol. The van der Waals surface area contributed by atoms with E-state index in [9.17, 15) is 4.79 Å². The molecule has 1 saturated heterocycles. The Morgan fingerprint density at radius 1 is 1.42 bits per heavy atom. The molecule has 1 fully saturated rings. The Labute approximate surface area is 118 Å². The molecule has 5 heteroatoms. The maximum absolute atomic E-state index is 11.1. The zero-order valence-corrected chi connectivity index (χ0v) is 12.2. The number of nitrogens with zero attached hydrogens (tertiary/aromatic N) is 1. The Hall–Kier alpha value is -1.36. The van der Waals surface area contributed by atoms with E-state index in [1.54, 1.807) is 12.1 Å². The number of rotatable bonds is 2. The van der Waals surface area contributed by atoms with Crippen molar-refractivity contribution in [1.29, 1.82) is 0 Å². The summed E-state index contributed by atoms with van der Waals surface area (Å²) in [6, 6.07) is 5.22.